The van der Waals surface area contributed by atoms with Gasteiger partial charge in [0, 0.05) is 63.4 Å². The fourth-order valence-electron chi connectivity index (χ4n) is 9.72. The molecule has 2 saturated heterocycles. The number of amides is 1. The summed E-state index contributed by atoms with van der Waals surface area (Å²) in [4.78, 5) is 25.9. The van der Waals surface area contributed by atoms with Crippen LogP contribution in [0.15, 0.2) is 42.5 Å². The van der Waals surface area contributed by atoms with E-state index in [4.69, 9.17) is 30.8 Å². The van der Waals surface area contributed by atoms with Gasteiger partial charge >= 0.3 is 0 Å². The summed E-state index contributed by atoms with van der Waals surface area (Å²) >= 11 is 6.50. The third kappa shape index (κ3) is 7.13. The minimum atomic E-state index is -3.99. The quantitative estimate of drug-likeness (QED) is 0.441. The van der Waals surface area contributed by atoms with E-state index in [1.807, 2.05) is 20.1 Å². The maximum Gasteiger partial charge on any atom is 0.283 e. The van der Waals surface area contributed by atoms with E-state index < -0.39 is 26.8 Å². The molecular weight excluding hydrogens is 714 g/mol. The summed E-state index contributed by atoms with van der Waals surface area (Å²) < 4.78 is 48.3. The number of carbonyl (C=O) groups is 1. The number of rotatable bonds is 4. The van der Waals surface area contributed by atoms with Gasteiger partial charge in [0.1, 0.15) is 11.3 Å². The molecule has 2 aliphatic carbocycles. The Morgan fingerprint density at radius 2 is 1.91 bits per heavy atom. The van der Waals surface area contributed by atoms with Crippen LogP contribution in [-0.2, 0) is 31.3 Å². The first-order chi connectivity index (χ1) is 25.5. The van der Waals surface area contributed by atoms with E-state index in [1.54, 1.807) is 19.1 Å². The Hall–Kier alpha value is -2.74. The smallest absolute Gasteiger partial charge is 0.283 e. The molecule has 2 aromatic rings. The minimum absolute atomic E-state index is 0.0588. The third-order valence-corrected chi connectivity index (χ3v) is 15.6. The number of hydrogen-bond donors (Lipinski definition) is 1. The fraction of sp³-hybridized carbons (Fsp3) is 0.650. The molecule has 1 aromatic carbocycles. The summed E-state index contributed by atoms with van der Waals surface area (Å²) in [5, 5.41) is -0.0688. The van der Waals surface area contributed by atoms with Crippen LogP contribution in [0.25, 0.3) is 0 Å². The number of methoxy groups -OCH3 is 1. The number of carbonyl (C=O) groups excluding carboxylic acids is 1. The van der Waals surface area contributed by atoms with Gasteiger partial charge < -0.3 is 19.1 Å². The number of anilines is 1. The van der Waals surface area contributed by atoms with Gasteiger partial charge in [0.05, 0.1) is 31.1 Å². The highest BCUT2D eigenvalue weighted by Crippen LogP contribution is 2.49. The Balaban J connectivity index is 1.17. The van der Waals surface area contributed by atoms with Crippen LogP contribution in [0.1, 0.15) is 67.6 Å². The van der Waals surface area contributed by atoms with Crippen molar-refractivity contribution in [2.24, 2.45) is 17.8 Å². The lowest BCUT2D eigenvalue weighted by Gasteiger charge is -2.52. The number of aromatic nitrogens is 1. The summed E-state index contributed by atoms with van der Waals surface area (Å²) in [6.45, 7) is 11.8. The van der Waals surface area contributed by atoms with Crippen LogP contribution in [0.2, 0.25) is 5.02 Å². The number of piperazine rings is 1. The molecule has 6 atom stereocenters. The third-order valence-electron chi connectivity index (χ3n) is 13.4. The number of halogens is 1. The van der Waals surface area contributed by atoms with Crippen molar-refractivity contribution in [3.8, 4) is 5.75 Å². The summed E-state index contributed by atoms with van der Waals surface area (Å²) in [6.07, 6.45) is 9.93. The molecule has 4 aliphatic heterocycles. The zero-order chi connectivity index (χ0) is 37.0. The predicted molar refractivity (Wildman–Crippen MR) is 205 cm³/mol. The Labute approximate surface area is 319 Å². The van der Waals surface area contributed by atoms with Gasteiger partial charge in [-0.3, -0.25) is 14.6 Å². The van der Waals surface area contributed by atoms with Crippen LogP contribution < -0.4 is 14.4 Å². The highest BCUT2D eigenvalue weighted by molar-refractivity contribution is 7.90. The number of aryl methyl sites for hydroxylation is 1. The van der Waals surface area contributed by atoms with Crippen LogP contribution in [0.5, 0.6) is 5.75 Å². The summed E-state index contributed by atoms with van der Waals surface area (Å²) in [5.74, 6) is 0.761. The molecule has 6 aliphatic rings. The van der Waals surface area contributed by atoms with Crippen molar-refractivity contribution in [2.75, 3.05) is 77.6 Å². The highest BCUT2D eigenvalue weighted by atomic mass is 35.5. The molecule has 3 fully saturated rings. The first-order valence-corrected chi connectivity index (χ1v) is 21.4. The van der Waals surface area contributed by atoms with Crippen LogP contribution in [0, 0.1) is 17.8 Å². The average Bonchev–Trinajstić information content (AvgIpc) is 3.25. The van der Waals surface area contributed by atoms with E-state index in [-0.39, 0.29) is 22.9 Å². The summed E-state index contributed by atoms with van der Waals surface area (Å²) in [5.41, 5.74) is 1.71. The van der Waals surface area contributed by atoms with Crippen molar-refractivity contribution in [3.63, 3.8) is 0 Å². The van der Waals surface area contributed by atoms with Crippen LogP contribution in [0.3, 0.4) is 0 Å². The molecule has 13 heteroatoms. The van der Waals surface area contributed by atoms with Crippen molar-refractivity contribution in [3.05, 3.63) is 64.3 Å². The Morgan fingerprint density at radius 1 is 1.09 bits per heavy atom. The molecule has 11 nitrogen and oxygen atoms in total. The second-order valence-electron chi connectivity index (χ2n) is 16.5. The fourth-order valence-corrected chi connectivity index (χ4v) is 11.2. The van der Waals surface area contributed by atoms with E-state index in [0.29, 0.717) is 49.6 Å². The predicted octanol–water partition coefficient (Wildman–Crippen LogP) is 4.68. The van der Waals surface area contributed by atoms with Gasteiger partial charge in [-0.05, 0) is 98.6 Å². The lowest BCUT2D eigenvalue weighted by atomic mass is 9.63. The van der Waals surface area contributed by atoms with Gasteiger partial charge in [0.25, 0.3) is 5.91 Å². The number of benzene rings is 1. The van der Waals surface area contributed by atoms with Gasteiger partial charge in [-0.2, -0.15) is 0 Å². The molecule has 1 saturated carbocycles. The van der Waals surface area contributed by atoms with Crippen molar-refractivity contribution >= 4 is 33.3 Å². The molecule has 2 bridgehead atoms. The van der Waals surface area contributed by atoms with Crippen molar-refractivity contribution in [2.45, 2.75) is 74.7 Å². The zero-order valence-corrected chi connectivity index (χ0v) is 32.8. The molecule has 0 unspecified atom stereocenters. The lowest BCUT2D eigenvalue weighted by Crippen LogP contribution is -2.61. The minimum Gasteiger partial charge on any atom is -0.489 e. The molecule has 1 spiro atoms. The molecule has 1 amide bonds. The van der Waals surface area contributed by atoms with Gasteiger partial charge in [0.15, 0.2) is 11.6 Å². The molecule has 1 aromatic heterocycles. The van der Waals surface area contributed by atoms with Crippen LogP contribution in [0.4, 0.5) is 5.82 Å². The monoisotopic (exact) mass is 767 g/mol. The Kier molecular flexibility index (Phi) is 10.3. The van der Waals surface area contributed by atoms with Gasteiger partial charge in [-0.1, -0.05) is 36.7 Å². The van der Waals surface area contributed by atoms with E-state index >= 15 is 0 Å². The standard InChI is InChI=1S/C40H54ClN5O6S/c1-27-6-4-15-40(50-3,25-44-16-18-45(19-17-44)32-22-51-23-32)34-10-8-30(34)21-46-24-39(14-5-7-29-20-31(41)9-11-33(29)39)26-52-36-13-12-35(42-37(36)46)38(47)43-53(48,49)28(27)2/h4,9,11-13,15,20,27-28,30,32,34H,5-8,10,14,16-19,21-26H2,1-3H3,(H,43,47)/b15-4+/t27-,28+,30-,34+,39-,40+/m0/s1. The Morgan fingerprint density at radius 3 is 2.62 bits per heavy atom. The SMILES string of the molecule is CO[C@@]1(CN2CCN(C3COC3)CC2)/C=C/C[C@H](C)[C@@H](C)S(=O)(=O)NC(=O)c2ccc3c(n2)N(C[C@@H]2CC[C@H]21)C[C@@]1(CCCc2cc(Cl)ccc21)CO3. The molecule has 1 N–H and O–H groups in total. The maximum absolute atomic E-state index is 13.6. The topological polar surface area (TPSA) is 114 Å². The summed E-state index contributed by atoms with van der Waals surface area (Å²) in [7, 11) is -2.15. The second-order valence-corrected chi connectivity index (χ2v) is 19.0. The first-order valence-electron chi connectivity index (χ1n) is 19.5. The Bertz CT molecular complexity index is 1830. The molecule has 0 radical (unpaired) electrons. The first kappa shape index (κ1) is 37.2. The zero-order valence-electron chi connectivity index (χ0n) is 31.3. The van der Waals surface area contributed by atoms with Crippen molar-refractivity contribution in [1.82, 2.24) is 19.5 Å². The number of hydrogen-bond acceptors (Lipinski definition) is 10. The number of pyridine rings is 1. The largest absolute Gasteiger partial charge is 0.489 e. The lowest BCUT2D eigenvalue weighted by molar-refractivity contribution is -0.107. The molecule has 288 valence electrons. The van der Waals surface area contributed by atoms with E-state index in [2.05, 4.69) is 43.7 Å². The van der Waals surface area contributed by atoms with Gasteiger partial charge in [-0.15, -0.1) is 0 Å². The summed E-state index contributed by atoms with van der Waals surface area (Å²) in [6, 6.07) is 10.1. The highest BCUT2D eigenvalue weighted by Gasteiger charge is 2.50. The average molecular weight is 768 g/mol. The molecule has 5 heterocycles. The number of ether oxygens (including phenoxy) is 3. The number of nitrogens with zero attached hydrogens (tertiary/aromatic N) is 4. The van der Waals surface area contributed by atoms with E-state index in [9.17, 15) is 13.2 Å². The van der Waals surface area contributed by atoms with Crippen LogP contribution >= 0.6 is 11.6 Å². The van der Waals surface area contributed by atoms with Crippen LogP contribution in [-0.4, -0.2) is 119 Å². The number of allylic oxidation sites excluding steroid dienone is 1. The van der Waals surface area contributed by atoms with Crippen molar-refractivity contribution < 1.29 is 27.4 Å². The van der Waals surface area contributed by atoms with Gasteiger partial charge in [-0.25, -0.2) is 18.1 Å². The van der Waals surface area contributed by atoms with Gasteiger partial charge in [0.2, 0.25) is 10.0 Å². The van der Waals surface area contributed by atoms with E-state index in [1.165, 1.54) is 11.1 Å². The molecule has 8 rings (SSSR count). The number of sulfonamides is 1. The number of fused-ring (bicyclic) bond motifs is 4. The number of nitrogens with one attached hydrogen (secondary N) is 1. The van der Waals surface area contributed by atoms with Crippen molar-refractivity contribution in [1.29, 1.82) is 0 Å². The second kappa shape index (κ2) is 14.7. The molecule has 53 heavy (non-hydrogen) atoms. The van der Waals surface area contributed by atoms with E-state index in [0.717, 1.165) is 83.1 Å². The normalized spacial score (nSPS) is 34.4. The molecular formula is C40H54ClN5O6S. The maximum atomic E-state index is 13.6.